The molecule has 4 nitrogen and oxygen atoms in total. The highest BCUT2D eigenvalue weighted by molar-refractivity contribution is 9.10. The summed E-state index contributed by atoms with van der Waals surface area (Å²) in [7, 11) is 0. The van der Waals surface area contributed by atoms with Gasteiger partial charge in [0.05, 0.1) is 12.3 Å². The molecule has 2 aromatic carbocycles. The molecule has 0 aromatic heterocycles. The van der Waals surface area contributed by atoms with Crippen molar-refractivity contribution in [3.05, 3.63) is 64.6 Å². The molecule has 0 spiro atoms. The molecule has 5 heteroatoms. The van der Waals surface area contributed by atoms with Crippen molar-refractivity contribution >= 4 is 27.6 Å². The van der Waals surface area contributed by atoms with Gasteiger partial charge < -0.3 is 15.3 Å². The number of hydrogen-bond donors (Lipinski definition) is 2. The molecule has 0 unspecified atom stereocenters. The molecular weight excluding hydrogens is 332 g/mol. The van der Waals surface area contributed by atoms with Crippen LogP contribution in [0.2, 0.25) is 0 Å². The molecule has 0 aliphatic carbocycles. The molecule has 0 aliphatic rings. The number of hydrogen-bond acceptors (Lipinski definition) is 2. The van der Waals surface area contributed by atoms with Gasteiger partial charge in [-0.25, -0.2) is 4.79 Å². The van der Waals surface area contributed by atoms with Gasteiger partial charge in [-0.05, 0) is 33.6 Å². The van der Waals surface area contributed by atoms with Crippen molar-refractivity contribution in [2.24, 2.45) is 0 Å². The second-order valence-corrected chi connectivity index (χ2v) is 5.40. The number of nitrogens with one attached hydrogen (secondary N) is 1. The molecule has 0 aliphatic heterocycles. The van der Waals surface area contributed by atoms with E-state index in [1.54, 1.807) is 4.90 Å². The lowest BCUT2D eigenvalue weighted by Crippen LogP contribution is -2.36. The smallest absolute Gasteiger partial charge is 0.322 e. The SMILES string of the molecule is O=C(Nc1ccccc1Br)N(CCO)Cc1ccccc1. The zero-order chi connectivity index (χ0) is 15.1. The van der Waals surface area contributed by atoms with Crippen LogP contribution in [-0.4, -0.2) is 29.2 Å². The van der Waals surface area contributed by atoms with Gasteiger partial charge in [-0.2, -0.15) is 0 Å². The second kappa shape index (κ2) is 7.81. The van der Waals surface area contributed by atoms with E-state index in [4.69, 9.17) is 5.11 Å². The summed E-state index contributed by atoms with van der Waals surface area (Å²) in [5.74, 6) is 0. The first-order valence-corrected chi connectivity index (χ1v) is 7.45. The Labute approximate surface area is 132 Å². The number of anilines is 1. The zero-order valence-corrected chi connectivity index (χ0v) is 13.1. The molecule has 0 atom stereocenters. The Morgan fingerprint density at radius 2 is 1.76 bits per heavy atom. The van der Waals surface area contributed by atoms with Crippen LogP contribution in [0, 0.1) is 0 Å². The molecule has 0 radical (unpaired) electrons. The average Bonchev–Trinajstić information content (AvgIpc) is 2.50. The summed E-state index contributed by atoms with van der Waals surface area (Å²) in [5, 5.41) is 12.0. The number of benzene rings is 2. The Kier molecular flexibility index (Phi) is 5.78. The van der Waals surface area contributed by atoms with Crippen molar-refractivity contribution in [1.82, 2.24) is 4.90 Å². The molecule has 2 amide bonds. The summed E-state index contributed by atoms with van der Waals surface area (Å²) >= 11 is 3.40. The van der Waals surface area contributed by atoms with E-state index in [9.17, 15) is 4.79 Å². The maximum atomic E-state index is 12.3. The minimum Gasteiger partial charge on any atom is -0.395 e. The van der Waals surface area contributed by atoms with E-state index in [0.29, 0.717) is 12.2 Å². The first-order valence-electron chi connectivity index (χ1n) is 6.66. The van der Waals surface area contributed by atoms with Crippen molar-refractivity contribution in [2.45, 2.75) is 6.54 Å². The van der Waals surface area contributed by atoms with Crippen LogP contribution in [0.5, 0.6) is 0 Å². The van der Waals surface area contributed by atoms with Gasteiger partial charge in [0, 0.05) is 17.6 Å². The Morgan fingerprint density at radius 1 is 1.10 bits per heavy atom. The van der Waals surface area contributed by atoms with E-state index in [1.807, 2.05) is 54.6 Å². The second-order valence-electron chi connectivity index (χ2n) is 4.54. The van der Waals surface area contributed by atoms with Gasteiger partial charge in [0.2, 0.25) is 0 Å². The molecule has 2 aromatic rings. The van der Waals surface area contributed by atoms with Crippen molar-refractivity contribution < 1.29 is 9.90 Å². The van der Waals surface area contributed by atoms with Crippen LogP contribution in [0.3, 0.4) is 0 Å². The summed E-state index contributed by atoms with van der Waals surface area (Å²) in [6, 6.07) is 16.9. The Bertz CT molecular complexity index is 590. The fourth-order valence-electron chi connectivity index (χ4n) is 1.93. The zero-order valence-electron chi connectivity index (χ0n) is 11.5. The Hall–Kier alpha value is -1.85. The third-order valence-electron chi connectivity index (χ3n) is 2.99. The molecule has 0 fully saturated rings. The number of urea groups is 1. The number of amides is 2. The topological polar surface area (TPSA) is 52.6 Å². The van der Waals surface area contributed by atoms with Crippen molar-refractivity contribution in [1.29, 1.82) is 0 Å². The van der Waals surface area contributed by atoms with Gasteiger partial charge in [0.1, 0.15) is 0 Å². The van der Waals surface area contributed by atoms with Crippen molar-refractivity contribution in [3.8, 4) is 0 Å². The maximum Gasteiger partial charge on any atom is 0.322 e. The van der Waals surface area contributed by atoms with E-state index in [1.165, 1.54) is 0 Å². The third kappa shape index (κ3) is 4.58. The molecule has 2 rings (SSSR count). The van der Waals surface area contributed by atoms with Gasteiger partial charge in [0.25, 0.3) is 0 Å². The largest absolute Gasteiger partial charge is 0.395 e. The molecule has 110 valence electrons. The number of aliphatic hydroxyl groups is 1. The average molecular weight is 349 g/mol. The van der Waals surface area contributed by atoms with E-state index in [2.05, 4.69) is 21.2 Å². The minimum absolute atomic E-state index is 0.0732. The summed E-state index contributed by atoms with van der Waals surface area (Å²) in [6.45, 7) is 0.666. The third-order valence-corrected chi connectivity index (χ3v) is 3.68. The summed E-state index contributed by atoms with van der Waals surface area (Å²) in [4.78, 5) is 13.9. The van der Waals surface area contributed by atoms with Crippen LogP contribution in [0.15, 0.2) is 59.1 Å². The first-order chi connectivity index (χ1) is 10.2. The van der Waals surface area contributed by atoms with E-state index >= 15 is 0 Å². The van der Waals surface area contributed by atoms with Crippen LogP contribution in [0.1, 0.15) is 5.56 Å². The minimum atomic E-state index is -0.236. The van der Waals surface area contributed by atoms with E-state index in [-0.39, 0.29) is 19.2 Å². The van der Waals surface area contributed by atoms with Crippen LogP contribution < -0.4 is 5.32 Å². The molecule has 2 N–H and O–H groups in total. The fraction of sp³-hybridized carbons (Fsp3) is 0.188. The monoisotopic (exact) mass is 348 g/mol. The number of aliphatic hydroxyl groups excluding tert-OH is 1. The highest BCUT2D eigenvalue weighted by Crippen LogP contribution is 2.21. The van der Waals surface area contributed by atoms with Crippen LogP contribution in [0.4, 0.5) is 10.5 Å². The van der Waals surface area contributed by atoms with E-state index < -0.39 is 0 Å². The van der Waals surface area contributed by atoms with Crippen LogP contribution >= 0.6 is 15.9 Å². The predicted molar refractivity (Wildman–Crippen MR) is 87.1 cm³/mol. The van der Waals surface area contributed by atoms with Crippen LogP contribution in [-0.2, 0) is 6.54 Å². The Balaban J connectivity index is 2.07. The van der Waals surface area contributed by atoms with Gasteiger partial charge >= 0.3 is 6.03 Å². The van der Waals surface area contributed by atoms with Crippen LogP contribution in [0.25, 0.3) is 0 Å². The first kappa shape index (κ1) is 15.5. The molecule has 0 bridgehead atoms. The summed E-state index contributed by atoms with van der Waals surface area (Å²) in [6.07, 6.45) is 0. The highest BCUT2D eigenvalue weighted by Gasteiger charge is 2.14. The number of halogens is 1. The number of rotatable bonds is 5. The van der Waals surface area contributed by atoms with Gasteiger partial charge in [-0.15, -0.1) is 0 Å². The van der Waals surface area contributed by atoms with Gasteiger partial charge in [-0.1, -0.05) is 42.5 Å². The molecular formula is C16H17BrN2O2. The lowest BCUT2D eigenvalue weighted by molar-refractivity contribution is 0.185. The predicted octanol–water partition coefficient (Wildman–Crippen LogP) is 3.48. The lowest BCUT2D eigenvalue weighted by Gasteiger charge is -2.22. The quantitative estimate of drug-likeness (QED) is 0.868. The van der Waals surface area contributed by atoms with Gasteiger partial charge in [-0.3, -0.25) is 0 Å². The number of para-hydroxylation sites is 1. The van der Waals surface area contributed by atoms with Gasteiger partial charge in [0.15, 0.2) is 0 Å². The fourth-order valence-corrected chi connectivity index (χ4v) is 2.32. The number of carbonyl (C=O) groups excluding carboxylic acids is 1. The van der Waals surface area contributed by atoms with Crippen molar-refractivity contribution in [2.75, 3.05) is 18.5 Å². The van der Waals surface area contributed by atoms with Crippen molar-refractivity contribution in [3.63, 3.8) is 0 Å². The summed E-state index contributed by atoms with van der Waals surface area (Å²) < 4.78 is 0.821. The Morgan fingerprint density at radius 3 is 2.43 bits per heavy atom. The van der Waals surface area contributed by atoms with E-state index in [0.717, 1.165) is 10.0 Å². The number of carbonyl (C=O) groups is 1. The summed E-state index contributed by atoms with van der Waals surface area (Å²) in [5.41, 5.74) is 1.73. The molecule has 0 saturated carbocycles. The lowest BCUT2D eigenvalue weighted by atomic mass is 10.2. The molecule has 0 heterocycles. The standard InChI is InChI=1S/C16H17BrN2O2/c17-14-8-4-5-9-15(14)18-16(21)19(10-11-20)12-13-6-2-1-3-7-13/h1-9,20H,10-12H2,(H,18,21). The normalized spacial score (nSPS) is 10.2. The molecule has 0 saturated heterocycles. The maximum absolute atomic E-state index is 12.3. The highest BCUT2D eigenvalue weighted by atomic mass is 79.9. The molecule has 21 heavy (non-hydrogen) atoms. The number of nitrogens with zero attached hydrogens (tertiary/aromatic N) is 1.